The molecule has 0 aromatic rings. The van der Waals surface area contributed by atoms with Gasteiger partial charge in [-0.3, -0.25) is 4.90 Å². The Labute approximate surface area is 121 Å². The molecule has 6 heteroatoms. The minimum absolute atomic E-state index is 0.432. The molecule has 0 bridgehead atoms. The summed E-state index contributed by atoms with van der Waals surface area (Å²) in [6.45, 7) is 11.4. The summed E-state index contributed by atoms with van der Waals surface area (Å²) in [6.07, 6.45) is 1.35. The van der Waals surface area contributed by atoms with E-state index >= 15 is 0 Å². The summed E-state index contributed by atoms with van der Waals surface area (Å²) < 4.78 is 0. The summed E-state index contributed by atoms with van der Waals surface area (Å²) in [4.78, 5) is 7.51. The van der Waals surface area contributed by atoms with E-state index in [-0.39, 0.29) is 0 Å². The molecule has 0 aliphatic carbocycles. The van der Waals surface area contributed by atoms with Gasteiger partial charge in [-0.15, -0.1) is 0 Å². The molecule has 106 valence electrons. The molecule has 0 fully saturated rings. The number of nitrogens with zero attached hydrogens (tertiary/aromatic N) is 6. The number of nitriles is 3. The molecule has 0 aliphatic heterocycles. The standard InChI is InChI=1S/C14H20N6/c1-18-8-12-20(11-4-7-17)14-13-19(9-2-5-15)10-3-6-16/h2-4,8-14H2. The van der Waals surface area contributed by atoms with Gasteiger partial charge in [0.25, 0.3) is 0 Å². The Kier molecular flexibility index (Phi) is 11.9. The molecule has 0 unspecified atom stereocenters. The van der Waals surface area contributed by atoms with Gasteiger partial charge in [0, 0.05) is 52.0 Å². The predicted octanol–water partition coefficient (Wildman–Crippen LogP) is 1.25. The second-order valence-electron chi connectivity index (χ2n) is 4.29. The van der Waals surface area contributed by atoms with Gasteiger partial charge in [0.2, 0.25) is 6.54 Å². The molecular weight excluding hydrogens is 252 g/mol. The maximum atomic E-state index is 8.63. The molecule has 0 N–H and O–H groups in total. The smallest absolute Gasteiger partial charge is 0.227 e. The Bertz CT molecular complexity index is 329. The highest BCUT2D eigenvalue weighted by Crippen LogP contribution is 1.98. The van der Waals surface area contributed by atoms with Crippen LogP contribution in [0.1, 0.15) is 19.3 Å². The first-order chi connectivity index (χ1) is 9.78. The van der Waals surface area contributed by atoms with Crippen LogP contribution in [0.5, 0.6) is 0 Å². The van der Waals surface area contributed by atoms with Crippen LogP contribution in [-0.2, 0) is 0 Å². The molecule has 0 aromatic carbocycles. The van der Waals surface area contributed by atoms with Crippen molar-refractivity contribution in [1.82, 2.24) is 9.80 Å². The lowest BCUT2D eigenvalue weighted by Crippen LogP contribution is -2.37. The lowest BCUT2D eigenvalue weighted by Gasteiger charge is -2.25. The van der Waals surface area contributed by atoms with Crippen LogP contribution in [0.3, 0.4) is 0 Å². The summed E-state index contributed by atoms with van der Waals surface area (Å²) in [5.74, 6) is 0. The third kappa shape index (κ3) is 9.86. The summed E-state index contributed by atoms with van der Waals surface area (Å²) in [5.41, 5.74) is 0. The highest BCUT2D eigenvalue weighted by molar-refractivity contribution is 4.78. The van der Waals surface area contributed by atoms with E-state index in [9.17, 15) is 0 Å². The van der Waals surface area contributed by atoms with Gasteiger partial charge in [0.1, 0.15) is 0 Å². The largest absolute Gasteiger partial charge is 0.316 e. The summed E-state index contributed by atoms with van der Waals surface area (Å²) >= 11 is 0. The summed E-state index contributed by atoms with van der Waals surface area (Å²) in [6, 6.07) is 6.33. The average Bonchev–Trinajstić information content (AvgIpc) is 2.48. The van der Waals surface area contributed by atoms with Crippen molar-refractivity contribution < 1.29 is 0 Å². The highest BCUT2D eigenvalue weighted by atomic mass is 15.2. The van der Waals surface area contributed by atoms with Crippen LogP contribution in [0.25, 0.3) is 4.85 Å². The van der Waals surface area contributed by atoms with Crippen LogP contribution in [0, 0.1) is 40.6 Å². The van der Waals surface area contributed by atoms with Crippen molar-refractivity contribution in [2.24, 2.45) is 0 Å². The SMILES string of the molecule is [C-]#[N+]CCN(CCC#N)CCN(CCC#N)CCC#N. The number of hydrogen-bond donors (Lipinski definition) is 0. The van der Waals surface area contributed by atoms with Gasteiger partial charge < -0.3 is 9.74 Å². The van der Waals surface area contributed by atoms with Crippen molar-refractivity contribution in [1.29, 1.82) is 15.8 Å². The lowest BCUT2D eigenvalue weighted by molar-refractivity contribution is 0.215. The fraction of sp³-hybridized carbons (Fsp3) is 0.714. The van der Waals surface area contributed by atoms with Gasteiger partial charge >= 0.3 is 0 Å². The molecule has 20 heavy (non-hydrogen) atoms. The number of hydrogen-bond acceptors (Lipinski definition) is 5. The highest BCUT2D eigenvalue weighted by Gasteiger charge is 2.10. The Morgan fingerprint density at radius 2 is 1.10 bits per heavy atom. The van der Waals surface area contributed by atoms with Crippen molar-refractivity contribution in [3.05, 3.63) is 11.4 Å². The molecule has 0 spiro atoms. The Morgan fingerprint density at radius 1 is 0.700 bits per heavy atom. The molecule has 0 aromatic heterocycles. The second-order valence-corrected chi connectivity index (χ2v) is 4.29. The Morgan fingerprint density at radius 3 is 1.45 bits per heavy atom. The molecular formula is C14H20N6. The normalized spacial score (nSPS) is 9.70. The van der Waals surface area contributed by atoms with Gasteiger partial charge in [0.05, 0.1) is 24.8 Å². The monoisotopic (exact) mass is 272 g/mol. The van der Waals surface area contributed by atoms with E-state index in [1.54, 1.807) is 0 Å². The van der Waals surface area contributed by atoms with Crippen LogP contribution in [0.2, 0.25) is 0 Å². The molecule has 0 heterocycles. The maximum Gasteiger partial charge on any atom is 0.227 e. The van der Waals surface area contributed by atoms with E-state index in [0.29, 0.717) is 52.0 Å². The van der Waals surface area contributed by atoms with Crippen molar-refractivity contribution in [2.45, 2.75) is 19.3 Å². The molecule has 0 rings (SSSR count). The lowest BCUT2D eigenvalue weighted by atomic mass is 10.3. The first kappa shape index (κ1) is 17.9. The quantitative estimate of drug-likeness (QED) is 0.529. The fourth-order valence-corrected chi connectivity index (χ4v) is 1.77. The number of rotatable bonds is 11. The van der Waals surface area contributed by atoms with E-state index in [2.05, 4.69) is 32.9 Å². The first-order valence-electron chi connectivity index (χ1n) is 6.67. The van der Waals surface area contributed by atoms with Crippen molar-refractivity contribution in [2.75, 3.05) is 45.8 Å². The van der Waals surface area contributed by atoms with Crippen LogP contribution >= 0.6 is 0 Å². The van der Waals surface area contributed by atoms with E-state index in [4.69, 9.17) is 22.4 Å². The van der Waals surface area contributed by atoms with Gasteiger partial charge in [-0.1, -0.05) is 0 Å². The summed E-state index contributed by atoms with van der Waals surface area (Å²) in [5, 5.41) is 25.9. The van der Waals surface area contributed by atoms with Gasteiger partial charge in [-0.05, 0) is 0 Å². The minimum atomic E-state index is 0.432. The molecule has 0 atom stereocenters. The van der Waals surface area contributed by atoms with E-state index in [1.165, 1.54) is 0 Å². The van der Waals surface area contributed by atoms with Gasteiger partial charge in [-0.2, -0.15) is 15.8 Å². The van der Waals surface area contributed by atoms with Crippen molar-refractivity contribution in [3.63, 3.8) is 0 Å². The zero-order chi connectivity index (χ0) is 15.1. The predicted molar refractivity (Wildman–Crippen MR) is 75.0 cm³/mol. The maximum absolute atomic E-state index is 8.63. The third-order valence-corrected chi connectivity index (χ3v) is 2.88. The van der Waals surface area contributed by atoms with E-state index < -0.39 is 0 Å². The van der Waals surface area contributed by atoms with Crippen LogP contribution < -0.4 is 0 Å². The topological polar surface area (TPSA) is 82.2 Å². The minimum Gasteiger partial charge on any atom is -0.316 e. The first-order valence-corrected chi connectivity index (χ1v) is 6.67. The van der Waals surface area contributed by atoms with Crippen LogP contribution in [0.15, 0.2) is 0 Å². The zero-order valence-electron chi connectivity index (χ0n) is 11.8. The van der Waals surface area contributed by atoms with Crippen LogP contribution in [0.4, 0.5) is 0 Å². The van der Waals surface area contributed by atoms with Gasteiger partial charge in [-0.25, -0.2) is 6.57 Å². The van der Waals surface area contributed by atoms with Crippen molar-refractivity contribution >= 4 is 0 Å². The van der Waals surface area contributed by atoms with Crippen molar-refractivity contribution in [3.8, 4) is 18.2 Å². The second kappa shape index (κ2) is 13.3. The van der Waals surface area contributed by atoms with E-state index in [0.717, 1.165) is 13.1 Å². The van der Waals surface area contributed by atoms with Gasteiger partial charge in [0.15, 0.2) is 0 Å². The van der Waals surface area contributed by atoms with E-state index in [1.807, 2.05) is 0 Å². The fourth-order valence-electron chi connectivity index (χ4n) is 1.77. The molecule has 0 saturated carbocycles. The van der Waals surface area contributed by atoms with Crippen LogP contribution in [-0.4, -0.2) is 55.6 Å². The molecule has 0 saturated heterocycles. The zero-order valence-corrected chi connectivity index (χ0v) is 11.8. The molecule has 0 aliphatic rings. The molecule has 0 amide bonds. The Hall–Kier alpha value is -2.12. The Balaban J connectivity index is 4.22. The summed E-state index contributed by atoms with van der Waals surface area (Å²) in [7, 11) is 0. The molecule has 6 nitrogen and oxygen atoms in total. The average molecular weight is 272 g/mol. The third-order valence-electron chi connectivity index (χ3n) is 2.88. The molecule has 0 radical (unpaired) electrons.